The van der Waals surface area contributed by atoms with Crippen LogP contribution in [0.5, 0.6) is 11.5 Å². The first-order valence-electron chi connectivity index (χ1n) is 8.04. The van der Waals surface area contributed by atoms with Gasteiger partial charge in [0.2, 0.25) is 0 Å². The molecular formula is C18H22N2O8. The Kier molecular flexibility index (Phi) is 8.85. The molecular weight excluding hydrogens is 372 g/mol. The number of carboxylic acid groups (broad SMARTS) is 2. The van der Waals surface area contributed by atoms with Crippen LogP contribution in [-0.2, 0) is 22.4 Å². The Morgan fingerprint density at radius 3 is 1.93 bits per heavy atom. The molecule has 0 saturated carbocycles. The summed E-state index contributed by atoms with van der Waals surface area (Å²) >= 11 is 0. The first-order valence-corrected chi connectivity index (χ1v) is 8.04. The Morgan fingerprint density at radius 2 is 1.46 bits per heavy atom. The summed E-state index contributed by atoms with van der Waals surface area (Å²) in [5.74, 6) is -2.89. The van der Waals surface area contributed by atoms with Crippen molar-refractivity contribution in [3.8, 4) is 11.5 Å². The quantitative estimate of drug-likeness (QED) is 0.262. The number of hydroxylamine groups is 2. The van der Waals surface area contributed by atoms with E-state index in [0.29, 0.717) is 5.56 Å². The van der Waals surface area contributed by atoms with Gasteiger partial charge in [0, 0.05) is 6.42 Å². The van der Waals surface area contributed by atoms with Crippen LogP contribution in [0, 0.1) is 0 Å². The summed E-state index contributed by atoms with van der Waals surface area (Å²) in [6.45, 7) is 0. The van der Waals surface area contributed by atoms with Crippen molar-refractivity contribution in [3.05, 3.63) is 59.7 Å². The molecule has 0 unspecified atom stereocenters. The zero-order valence-electron chi connectivity index (χ0n) is 14.7. The molecule has 0 spiro atoms. The molecule has 0 aliphatic rings. The molecule has 10 heteroatoms. The van der Waals surface area contributed by atoms with Crippen LogP contribution >= 0.6 is 0 Å². The maximum absolute atomic E-state index is 10.6. The number of hydrogen-bond acceptors (Lipinski definition) is 8. The van der Waals surface area contributed by atoms with Crippen molar-refractivity contribution in [2.24, 2.45) is 5.73 Å². The molecule has 0 amide bonds. The van der Waals surface area contributed by atoms with Crippen LogP contribution in [0.4, 0.5) is 0 Å². The topological polar surface area (TPSA) is 185 Å². The molecule has 0 radical (unpaired) electrons. The summed E-state index contributed by atoms with van der Waals surface area (Å²) in [4.78, 5) is 21.0. The Bertz CT molecular complexity index is 782. The van der Waals surface area contributed by atoms with Crippen molar-refractivity contribution in [2.75, 3.05) is 0 Å². The summed E-state index contributed by atoms with van der Waals surface area (Å²) in [5, 5.41) is 52.3. The number of phenols is 2. The third kappa shape index (κ3) is 7.60. The second kappa shape index (κ2) is 10.8. The molecule has 28 heavy (non-hydrogen) atoms. The molecule has 2 atom stereocenters. The van der Waals surface area contributed by atoms with Gasteiger partial charge in [-0.3, -0.25) is 20.0 Å². The van der Waals surface area contributed by atoms with Crippen LogP contribution < -0.4 is 5.73 Å². The number of carbonyl (C=O) groups is 2. The Hall–Kier alpha value is -3.18. The number of nitrogens with two attached hydrogens (primary N) is 1. The summed E-state index contributed by atoms with van der Waals surface area (Å²) in [7, 11) is 0. The van der Waals surface area contributed by atoms with E-state index in [9.17, 15) is 9.59 Å². The Balaban J connectivity index is 0.000000280. The van der Waals surface area contributed by atoms with Crippen molar-refractivity contribution in [3.63, 3.8) is 0 Å². The number of benzene rings is 2. The van der Waals surface area contributed by atoms with Gasteiger partial charge in [-0.05, 0) is 29.7 Å². The summed E-state index contributed by atoms with van der Waals surface area (Å²) in [6.07, 6.45) is 0.159. The lowest BCUT2D eigenvalue weighted by Gasteiger charge is -2.15. The van der Waals surface area contributed by atoms with Gasteiger partial charge in [0.25, 0.3) is 0 Å². The molecule has 0 aromatic heterocycles. The van der Waals surface area contributed by atoms with Gasteiger partial charge in [0.1, 0.15) is 6.04 Å². The van der Waals surface area contributed by atoms with Crippen molar-refractivity contribution in [1.82, 2.24) is 5.23 Å². The van der Waals surface area contributed by atoms with E-state index in [0.717, 1.165) is 5.56 Å². The van der Waals surface area contributed by atoms with Gasteiger partial charge in [0.15, 0.2) is 17.5 Å². The molecule has 0 heterocycles. The van der Waals surface area contributed by atoms with Gasteiger partial charge in [-0.15, -0.1) is 0 Å². The number of phenolic OH excluding ortho intramolecular Hbond substituents is 2. The molecule has 0 aliphatic carbocycles. The Labute approximate surface area is 160 Å². The fourth-order valence-corrected chi connectivity index (χ4v) is 2.14. The van der Waals surface area contributed by atoms with Crippen molar-refractivity contribution in [2.45, 2.75) is 24.9 Å². The fraction of sp³-hybridized carbons (Fsp3) is 0.222. The van der Waals surface area contributed by atoms with Crippen LogP contribution in [0.25, 0.3) is 0 Å². The zero-order valence-corrected chi connectivity index (χ0v) is 14.7. The molecule has 8 N–H and O–H groups in total. The lowest BCUT2D eigenvalue weighted by atomic mass is 10.1. The maximum Gasteiger partial charge on any atom is 0.326 e. The lowest BCUT2D eigenvalue weighted by Crippen LogP contribution is -2.38. The predicted octanol–water partition coefficient (Wildman–Crippen LogP) is 0.815. The first kappa shape index (κ1) is 22.9. The van der Waals surface area contributed by atoms with E-state index in [1.807, 2.05) is 0 Å². The number of nitrogens with zero attached hydrogens (tertiary/aromatic N) is 1. The van der Waals surface area contributed by atoms with Gasteiger partial charge >= 0.3 is 11.9 Å². The molecule has 0 saturated heterocycles. The highest BCUT2D eigenvalue weighted by Crippen LogP contribution is 2.25. The maximum atomic E-state index is 10.6. The van der Waals surface area contributed by atoms with E-state index in [2.05, 4.69) is 0 Å². The van der Waals surface area contributed by atoms with Crippen LogP contribution in [0.2, 0.25) is 0 Å². The van der Waals surface area contributed by atoms with E-state index in [-0.39, 0.29) is 29.6 Å². The normalized spacial score (nSPS) is 12.6. The number of hydrogen-bond donors (Lipinski definition) is 7. The SMILES string of the molecule is N[C@H](Cc1ccc(O)c(O)c1)C(=O)O.O=C(O)[C@@H](Cc1ccccc1)N(O)O. The molecule has 0 fully saturated rings. The van der Waals surface area contributed by atoms with E-state index in [4.69, 9.17) is 36.6 Å². The molecule has 0 bridgehead atoms. The highest BCUT2D eigenvalue weighted by Gasteiger charge is 2.23. The average Bonchev–Trinajstić information content (AvgIpc) is 2.63. The van der Waals surface area contributed by atoms with Gasteiger partial charge in [-0.1, -0.05) is 41.6 Å². The molecule has 10 nitrogen and oxygen atoms in total. The molecule has 2 rings (SSSR count). The minimum absolute atomic E-state index is 0.0448. The summed E-state index contributed by atoms with van der Waals surface area (Å²) in [5.41, 5.74) is 6.59. The highest BCUT2D eigenvalue weighted by molar-refractivity contribution is 5.74. The van der Waals surface area contributed by atoms with Gasteiger partial charge in [-0.25, -0.2) is 0 Å². The minimum atomic E-state index is -1.34. The van der Waals surface area contributed by atoms with E-state index in [1.165, 1.54) is 18.2 Å². The van der Waals surface area contributed by atoms with Gasteiger partial charge < -0.3 is 26.2 Å². The fourth-order valence-electron chi connectivity index (χ4n) is 2.14. The summed E-state index contributed by atoms with van der Waals surface area (Å²) in [6, 6.07) is 10.5. The highest BCUT2D eigenvalue weighted by atomic mass is 16.8. The number of aromatic hydroxyl groups is 2. The smallest absolute Gasteiger partial charge is 0.326 e. The van der Waals surface area contributed by atoms with Gasteiger partial charge in [0.05, 0.1) is 0 Å². The largest absolute Gasteiger partial charge is 0.504 e. The monoisotopic (exact) mass is 394 g/mol. The van der Waals surface area contributed by atoms with Crippen molar-refractivity contribution in [1.29, 1.82) is 0 Å². The van der Waals surface area contributed by atoms with Crippen LogP contribution in [-0.4, -0.2) is 60.1 Å². The van der Waals surface area contributed by atoms with Crippen molar-refractivity contribution < 1.29 is 40.4 Å². The predicted molar refractivity (Wildman–Crippen MR) is 96.1 cm³/mol. The van der Waals surface area contributed by atoms with E-state index in [1.54, 1.807) is 30.3 Å². The van der Waals surface area contributed by atoms with E-state index >= 15 is 0 Å². The van der Waals surface area contributed by atoms with E-state index < -0.39 is 24.0 Å². The molecule has 152 valence electrons. The third-order valence-electron chi connectivity index (χ3n) is 3.65. The number of carboxylic acids is 2. The number of aliphatic carboxylic acids is 2. The lowest BCUT2D eigenvalue weighted by molar-refractivity contribution is -0.327. The van der Waals surface area contributed by atoms with Gasteiger partial charge in [-0.2, -0.15) is 0 Å². The second-order valence-corrected chi connectivity index (χ2v) is 5.84. The molecule has 2 aromatic rings. The zero-order chi connectivity index (χ0) is 21.3. The summed E-state index contributed by atoms with van der Waals surface area (Å²) < 4.78 is 0. The Morgan fingerprint density at radius 1 is 0.857 bits per heavy atom. The van der Waals surface area contributed by atoms with Crippen LogP contribution in [0.15, 0.2) is 48.5 Å². The average molecular weight is 394 g/mol. The van der Waals surface area contributed by atoms with Crippen LogP contribution in [0.1, 0.15) is 11.1 Å². The second-order valence-electron chi connectivity index (χ2n) is 5.84. The number of rotatable bonds is 7. The third-order valence-corrected chi connectivity index (χ3v) is 3.65. The van der Waals surface area contributed by atoms with Crippen molar-refractivity contribution >= 4 is 11.9 Å². The first-order chi connectivity index (χ1) is 13.1. The standard InChI is InChI=1S/2C9H11NO4/c10-6(9(13)14)3-5-1-2-7(11)8(12)4-5;11-9(12)8(10(13)14)6-7-4-2-1-3-5-7/h1-2,4,6,11-12H,3,10H2,(H,13,14);1-5,8,13-14H,6H2,(H,11,12)/t6-;8-/m11/s1. The minimum Gasteiger partial charge on any atom is -0.504 e. The van der Waals surface area contributed by atoms with Crippen LogP contribution in [0.3, 0.4) is 0 Å². The molecule has 0 aliphatic heterocycles. The molecule has 2 aromatic carbocycles.